The number of hydrogen-bond acceptors (Lipinski definition) is 4. The first-order valence-corrected chi connectivity index (χ1v) is 6.00. The largest absolute Gasteiger partial charge is 0.348 e. The molecule has 0 spiro atoms. The van der Waals surface area contributed by atoms with Gasteiger partial charge in [-0.15, -0.1) is 0 Å². The highest BCUT2D eigenvalue weighted by Gasteiger charge is 2.14. The molecule has 0 unspecified atom stereocenters. The van der Waals surface area contributed by atoms with E-state index in [1.54, 1.807) is 32.1 Å². The normalized spacial score (nSPS) is 10.6. The second-order valence-corrected chi connectivity index (χ2v) is 4.91. The molecule has 104 valence electrons. The molecule has 0 aliphatic carbocycles. The van der Waals surface area contributed by atoms with E-state index in [1.807, 2.05) is 0 Å². The molecule has 1 aromatic carbocycles. The number of nitro benzene ring substituents is 1. The van der Waals surface area contributed by atoms with Gasteiger partial charge in [0, 0.05) is 26.7 Å². The quantitative estimate of drug-likeness (QED) is 0.611. The van der Waals surface area contributed by atoms with E-state index in [2.05, 4.69) is 0 Å². The highest BCUT2D eigenvalue weighted by Crippen LogP contribution is 2.25. The van der Waals surface area contributed by atoms with Gasteiger partial charge < -0.3 is 4.90 Å². The molecule has 1 aromatic rings. The molecule has 0 aliphatic heterocycles. The summed E-state index contributed by atoms with van der Waals surface area (Å²) in [7, 11) is 5.15. The zero-order valence-corrected chi connectivity index (χ0v) is 11.8. The Labute approximate surface area is 116 Å². The molecule has 0 aliphatic rings. The smallest absolute Gasteiger partial charge is 0.288 e. The molecular formula is C12H16ClN3O3. The van der Waals surface area contributed by atoms with E-state index in [0.29, 0.717) is 6.54 Å². The van der Waals surface area contributed by atoms with Crippen molar-refractivity contribution >= 4 is 23.2 Å². The van der Waals surface area contributed by atoms with Gasteiger partial charge in [-0.25, -0.2) is 0 Å². The number of nitro groups is 1. The summed E-state index contributed by atoms with van der Waals surface area (Å²) in [4.78, 5) is 25.1. The molecule has 0 saturated carbocycles. The van der Waals surface area contributed by atoms with Crippen LogP contribution in [0.4, 0.5) is 5.69 Å². The summed E-state index contributed by atoms with van der Waals surface area (Å²) in [6.45, 7) is 0.695. The monoisotopic (exact) mass is 285 g/mol. The van der Waals surface area contributed by atoms with Gasteiger partial charge in [-0.1, -0.05) is 17.7 Å². The van der Waals surface area contributed by atoms with Crippen molar-refractivity contribution in [1.29, 1.82) is 0 Å². The predicted molar refractivity (Wildman–Crippen MR) is 73.1 cm³/mol. The van der Waals surface area contributed by atoms with Crippen LogP contribution in [0.1, 0.15) is 5.56 Å². The van der Waals surface area contributed by atoms with Gasteiger partial charge in [0.2, 0.25) is 5.91 Å². The molecule has 7 heteroatoms. The van der Waals surface area contributed by atoms with Crippen LogP contribution in [0.25, 0.3) is 0 Å². The first-order valence-electron chi connectivity index (χ1n) is 5.62. The Morgan fingerprint density at radius 1 is 1.37 bits per heavy atom. The maximum atomic E-state index is 11.5. The van der Waals surface area contributed by atoms with Crippen LogP contribution in [0.15, 0.2) is 18.2 Å². The zero-order chi connectivity index (χ0) is 14.6. The fourth-order valence-corrected chi connectivity index (χ4v) is 1.72. The lowest BCUT2D eigenvalue weighted by molar-refractivity contribution is -0.384. The molecule has 0 bridgehead atoms. The van der Waals surface area contributed by atoms with E-state index in [0.717, 1.165) is 5.56 Å². The summed E-state index contributed by atoms with van der Waals surface area (Å²) in [5, 5.41) is 10.9. The summed E-state index contributed by atoms with van der Waals surface area (Å²) in [6.07, 6.45) is 0. The lowest BCUT2D eigenvalue weighted by Gasteiger charge is -2.18. The number of carbonyl (C=O) groups is 1. The number of amides is 1. The third kappa shape index (κ3) is 4.50. The first kappa shape index (κ1) is 15.4. The molecule has 0 saturated heterocycles. The van der Waals surface area contributed by atoms with Gasteiger partial charge >= 0.3 is 0 Å². The van der Waals surface area contributed by atoms with Crippen molar-refractivity contribution in [2.24, 2.45) is 0 Å². The summed E-state index contributed by atoms with van der Waals surface area (Å²) < 4.78 is 0. The van der Waals surface area contributed by atoms with Gasteiger partial charge in [-0.3, -0.25) is 19.8 Å². The number of hydrogen-bond donors (Lipinski definition) is 0. The number of carbonyl (C=O) groups excluding carboxylic acids is 1. The number of halogens is 1. The minimum absolute atomic E-state index is 0.0223. The molecule has 0 heterocycles. The molecule has 0 radical (unpaired) electrons. The fourth-order valence-electron chi connectivity index (χ4n) is 1.54. The number of likely N-dealkylation sites (N-methyl/N-ethyl adjacent to an activating group) is 2. The second-order valence-electron chi connectivity index (χ2n) is 4.50. The van der Waals surface area contributed by atoms with Crippen LogP contribution in [0, 0.1) is 10.1 Å². The summed E-state index contributed by atoms with van der Waals surface area (Å²) in [5.74, 6) is -0.0223. The van der Waals surface area contributed by atoms with Crippen LogP contribution in [0.3, 0.4) is 0 Å². The number of benzene rings is 1. The Balaban J connectivity index is 2.75. The van der Waals surface area contributed by atoms with Crippen molar-refractivity contribution in [2.45, 2.75) is 6.54 Å². The van der Waals surface area contributed by atoms with Crippen molar-refractivity contribution in [1.82, 2.24) is 9.80 Å². The van der Waals surface area contributed by atoms with E-state index in [4.69, 9.17) is 11.6 Å². The van der Waals surface area contributed by atoms with Crippen molar-refractivity contribution in [3.05, 3.63) is 38.9 Å². The third-order valence-corrected chi connectivity index (χ3v) is 2.88. The Hall–Kier alpha value is -1.66. The maximum absolute atomic E-state index is 11.5. The standard InChI is InChI=1S/C12H16ClN3O3/c1-14(2)12(17)8-15(3)7-9-4-5-10(13)11(6-9)16(18)19/h4-6H,7-8H2,1-3H3. The van der Waals surface area contributed by atoms with E-state index < -0.39 is 4.92 Å². The molecule has 1 rings (SSSR count). The van der Waals surface area contributed by atoms with Crippen LogP contribution < -0.4 is 0 Å². The molecule has 0 fully saturated rings. The van der Waals surface area contributed by atoms with E-state index in [-0.39, 0.29) is 23.2 Å². The second kappa shape index (κ2) is 6.49. The van der Waals surface area contributed by atoms with Crippen molar-refractivity contribution < 1.29 is 9.72 Å². The third-order valence-electron chi connectivity index (χ3n) is 2.56. The van der Waals surface area contributed by atoms with Gasteiger partial charge in [-0.05, 0) is 18.7 Å². The molecule has 19 heavy (non-hydrogen) atoms. The summed E-state index contributed by atoms with van der Waals surface area (Å²) >= 11 is 5.74. The molecule has 0 atom stereocenters. The minimum Gasteiger partial charge on any atom is -0.348 e. The highest BCUT2D eigenvalue weighted by atomic mass is 35.5. The van der Waals surface area contributed by atoms with Gasteiger partial charge in [0.1, 0.15) is 5.02 Å². The maximum Gasteiger partial charge on any atom is 0.288 e. The Morgan fingerprint density at radius 2 is 2.00 bits per heavy atom. The molecule has 6 nitrogen and oxygen atoms in total. The van der Waals surface area contributed by atoms with E-state index >= 15 is 0 Å². The van der Waals surface area contributed by atoms with Crippen LogP contribution in [-0.2, 0) is 11.3 Å². The molecule has 1 amide bonds. The van der Waals surface area contributed by atoms with Crippen LogP contribution in [0.2, 0.25) is 5.02 Å². The molecule has 0 aromatic heterocycles. The Bertz CT molecular complexity index is 491. The zero-order valence-electron chi connectivity index (χ0n) is 11.1. The topological polar surface area (TPSA) is 66.7 Å². The van der Waals surface area contributed by atoms with Gasteiger partial charge in [0.15, 0.2) is 0 Å². The van der Waals surface area contributed by atoms with Crippen molar-refractivity contribution in [3.63, 3.8) is 0 Å². The highest BCUT2D eigenvalue weighted by molar-refractivity contribution is 6.32. The van der Waals surface area contributed by atoms with Gasteiger partial charge in [0.25, 0.3) is 5.69 Å². The van der Waals surface area contributed by atoms with Crippen molar-refractivity contribution in [3.8, 4) is 0 Å². The molecule has 0 N–H and O–H groups in total. The van der Waals surface area contributed by atoms with E-state index in [9.17, 15) is 14.9 Å². The van der Waals surface area contributed by atoms with E-state index in [1.165, 1.54) is 17.0 Å². The SMILES string of the molecule is CN(CC(=O)N(C)C)Cc1ccc(Cl)c([N+](=O)[O-])c1. The number of rotatable bonds is 5. The average Bonchev–Trinajstić information content (AvgIpc) is 2.30. The van der Waals surface area contributed by atoms with Crippen molar-refractivity contribution in [2.75, 3.05) is 27.7 Å². The van der Waals surface area contributed by atoms with Gasteiger partial charge in [-0.2, -0.15) is 0 Å². The summed E-state index contributed by atoms with van der Waals surface area (Å²) in [6, 6.07) is 4.64. The Morgan fingerprint density at radius 3 is 2.53 bits per heavy atom. The number of nitrogens with zero attached hydrogens (tertiary/aromatic N) is 3. The first-order chi connectivity index (χ1) is 8.81. The lowest BCUT2D eigenvalue weighted by Crippen LogP contribution is -2.34. The lowest BCUT2D eigenvalue weighted by atomic mass is 10.2. The van der Waals surface area contributed by atoms with Crippen LogP contribution >= 0.6 is 11.6 Å². The van der Waals surface area contributed by atoms with Crippen LogP contribution in [0.5, 0.6) is 0 Å². The predicted octanol–water partition coefficient (Wildman–Crippen LogP) is 1.77. The molecular weight excluding hydrogens is 270 g/mol. The minimum atomic E-state index is -0.517. The average molecular weight is 286 g/mol. The summed E-state index contributed by atoms with van der Waals surface area (Å²) in [5.41, 5.74) is 0.622. The van der Waals surface area contributed by atoms with Crippen LogP contribution in [-0.4, -0.2) is 48.3 Å². The fraction of sp³-hybridized carbons (Fsp3) is 0.417. The van der Waals surface area contributed by atoms with Gasteiger partial charge in [0.05, 0.1) is 11.5 Å². The Kier molecular flexibility index (Phi) is 5.26.